The molecule has 4 rings (SSSR count). The quantitative estimate of drug-likeness (QED) is 0.502. The fraction of sp³-hybridized carbons (Fsp3) is 0.238. The van der Waals surface area contributed by atoms with E-state index >= 15 is 0 Å². The van der Waals surface area contributed by atoms with Gasteiger partial charge in [0.05, 0.1) is 11.1 Å². The monoisotopic (exact) mass is 317 g/mol. The predicted octanol–water partition coefficient (Wildman–Crippen LogP) is 4.41. The van der Waals surface area contributed by atoms with E-state index in [1.54, 1.807) is 0 Å². The van der Waals surface area contributed by atoms with Crippen molar-refractivity contribution in [3.8, 4) is 11.3 Å². The van der Waals surface area contributed by atoms with E-state index in [4.69, 9.17) is 6.35 Å². The summed E-state index contributed by atoms with van der Waals surface area (Å²) in [6, 6.07) is 14.5. The summed E-state index contributed by atoms with van der Waals surface area (Å²) >= 11 is 0. The van der Waals surface area contributed by atoms with E-state index in [1.165, 1.54) is 5.56 Å². The van der Waals surface area contributed by atoms with Gasteiger partial charge in [0.1, 0.15) is 18.2 Å². The lowest BCUT2D eigenvalue weighted by atomic mass is 9.98. The first-order chi connectivity index (χ1) is 11.9. The van der Waals surface area contributed by atoms with Crippen LogP contribution >= 0.6 is 0 Å². The van der Waals surface area contributed by atoms with Gasteiger partial charge in [0.25, 0.3) is 0 Å². The highest BCUT2D eigenvalue weighted by atomic mass is 15.0. The maximum Gasteiger partial charge on any atom is 0.215 e. The molecule has 4 aromatic rings. The number of nitrogens with zero attached hydrogens (tertiary/aromatic N) is 3. The van der Waals surface area contributed by atoms with E-state index < -0.39 is 5.89 Å². The third-order valence-electron chi connectivity index (χ3n) is 4.67. The maximum absolute atomic E-state index is 8.38. The Morgan fingerprint density at radius 1 is 1.17 bits per heavy atom. The summed E-state index contributed by atoms with van der Waals surface area (Å²) in [5.74, 6) is -0.635. The van der Waals surface area contributed by atoms with E-state index in [-0.39, 0.29) is 0 Å². The molecule has 0 aliphatic carbocycles. The molecular weight excluding hydrogens is 294 g/mol. The maximum atomic E-state index is 8.38. The van der Waals surface area contributed by atoms with Gasteiger partial charge in [-0.25, -0.2) is 9.55 Å². The standard InChI is InChI=1S/C21H22N3/c1-14(2)16-10-12-23(4)18(13-16)20-15(3)8-9-17-21(20)22-19-7-5-6-11-24(17)19/h5-14H,1-4H3/q+1/i14D. The number of benzene rings is 1. The minimum absolute atomic E-state index is 0.635. The van der Waals surface area contributed by atoms with Crippen molar-refractivity contribution < 1.29 is 5.94 Å². The average molecular weight is 317 g/mol. The molecule has 3 aromatic heterocycles. The van der Waals surface area contributed by atoms with Crippen LogP contribution in [-0.2, 0) is 7.05 Å². The normalized spacial score (nSPS) is 12.8. The minimum Gasteiger partial charge on any atom is -0.300 e. The number of fused-ring (bicyclic) bond motifs is 3. The van der Waals surface area contributed by atoms with Crippen LogP contribution in [0.5, 0.6) is 0 Å². The van der Waals surface area contributed by atoms with E-state index in [9.17, 15) is 0 Å². The smallest absolute Gasteiger partial charge is 0.215 e. The summed E-state index contributed by atoms with van der Waals surface area (Å²) in [7, 11) is 2.05. The summed E-state index contributed by atoms with van der Waals surface area (Å²) in [5.41, 5.74) is 7.46. The highest BCUT2D eigenvalue weighted by molar-refractivity contribution is 5.94. The Morgan fingerprint density at radius 2 is 2.00 bits per heavy atom. The Hall–Kier alpha value is -2.68. The molecule has 0 aliphatic rings. The van der Waals surface area contributed by atoms with Crippen molar-refractivity contribution in [2.24, 2.45) is 7.05 Å². The van der Waals surface area contributed by atoms with Crippen molar-refractivity contribution in [2.45, 2.75) is 26.7 Å². The van der Waals surface area contributed by atoms with Gasteiger partial charge >= 0.3 is 0 Å². The zero-order valence-electron chi connectivity index (χ0n) is 15.5. The molecule has 120 valence electrons. The summed E-state index contributed by atoms with van der Waals surface area (Å²) in [6.07, 6.45) is 4.09. The third kappa shape index (κ3) is 2.20. The fourth-order valence-corrected chi connectivity index (χ4v) is 3.28. The molecule has 0 unspecified atom stereocenters. The molecular formula is C21H22N3+. The molecule has 0 aliphatic heterocycles. The van der Waals surface area contributed by atoms with Crippen LogP contribution in [0.1, 0.15) is 32.2 Å². The van der Waals surface area contributed by atoms with Gasteiger partial charge in [0, 0.05) is 19.7 Å². The second-order valence-corrected chi connectivity index (χ2v) is 6.58. The molecule has 0 amide bonds. The van der Waals surface area contributed by atoms with E-state index in [2.05, 4.69) is 34.1 Å². The first-order valence-electron chi connectivity index (χ1n) is 8.73. The first-order valence-corrected chi connectivity index (χ1v) is 8.23. The van der Waals surface area contributed by atoms with E-state index in [1.807, 2.05) is 57.6 Å². The van der Waals surface area contributed by atoms with Crippen LogP contribution in [0.2, 0.25) is 0 Å². The Morgan fingerprint density at radius 3 is 2.79 bits per heavy atom. The Balaban J connectivity index is 2.09. The molecule has 0 atom stereocenters. The Labute approximate surface area is 143 Å². The van der Waals surface area contributed by atoms with Crippen LogP contribution in [0.4, 0.5) is 0 Å². The molecule has 0 fully saturated rings. The number of aromatic nitrogens is 3. The molecule has 0 saturated carbocycles. The number of imidazole rings is 1. The molecule has 0 radical (unpaired) electrons. The third-order valence-corrected chi connectivity index (χ3v) is 4.67. The van der Waals surface area contributed by atoms with Gasteiger partial charge in [0.2, 0.25) is 5.69 Å². The zero-order chi connectivity index (χ0) is 17.8. The molecule has 3 heteroatoms. The summed E-state index contributed by atoms with van der Waals surface area (Å²) in [4.78, 5) is 4.89. The summed E-state index contributed by atoms with van der Waals surface area (Å²) < 4.78 is 12.6. The van der Waals surface area contributed by atoms with Gasteiger partial charge in [-0.05, 0) is 42.1 Å². The van der Waals surface area contributed by atoms with Crippen molar-refractivity contribution in [2.75, 3.05) is 0 Å². The summed E-state index contributed by atoms with van der Waals surface area (Å²) in [5, 5.41) is 0. The molecule has 1 aromatic carbocycles. The van der Waals surface area contributed by atoms with Crippen LogP contribution in [0, 0.1) is 6.92 Å². The number of aryl methyl sites for hydroxylation is 2. The van der Waals surface area contributed by atoms with Crippen LogP contribution in [0.3, 0.4) is 0 Å². The highest BCUT2D eigenvalue weighted by Crippen LogP contribution is 2.31. The van der Waals surface area contributed by atoms with Gasteiger partial charge in [-0.3, -0.25) is 4.40 Å². The molecule has 3 heterocycles. The lowest BCUT2D eigenvalue weighted by molar-refractivity contribution is -0.660. The molecule has 0 spiro atoms. The van der Waals surface area contributed by atoms with Crippen molar-refractivity contribution in [3.05, 3.63) is 66.0 Å². The Kier molecular flexibility index (Phi) is 3.12. The number of hydrogen-bond acceptors (Lipinski definition) is 1. The van der Waals surface area contributed by atoms with Crippen molar-refractivity contribution in [1.82, 2.24) is 9.38 Å². The summed E-state index contributed by atoms with van der Waals surface area (Å²) in [6.45, 7) is 5.96. The molecule has 24 heavy (non-hydrogen) atoms. The molecule has 0 bridgehead atoms. The first kappa shape index (κ1) is 13.7. The largest absolute Gasteiger partial charge is 0.300 e. The molecule has 3 nitrogen and oxygen atoms in total. The zero-order valence-corrected chi connectivity index (χ0v) is 14.5. The average Bonchev–Trinajstić information content (AvgIpc) is 2.93. The van der Waals surface area contributed by atoms with Crippen LogP contribution in [0.15, 0.2) is 54.9 Å². The van der Waals surface area contributed by atoms with Gasteiger partial charge in [-0.2, -0.15) is 0 Å². The highest BCUT2D eigenvalue weighted by Gasteiger charge is 2.20. The SMILES string of the molecule is [2H]C(C)(C)c1cc[n+](C)c(-c2c(C)ccc3c2nc2ccccn23)c1. The number of pyridine rings is 2. The van der Waals surface area contributed by atoms with Gasteiger partial charge in [-0.15, -0.1) is 0 Å². The lowest BCUT2D eigenvalue weighted by Gasteiger charge is -2.09. The second-order valence-electron chi connectivity index (χ2n) is 6.58. The lowest BCUT2D eigenvalue weighted by Crippen LogP contribution is -2.31. The van der Waals surface area contributed by atoms with Crippen molar-refractivity contribution >= 4 is 16.7 Å². The molecule has 0 N–H and O–H groups in total. The van der Waals surface area contributed by atoms with E-state index in [0.29, 0.717) is 0 Å². The molecule has 0 saturated heterocycles. The van der Waals surface area contributed by atoms with Gasteiger partial charge in [-0.1, -0.05) is 26.0 Å². The fourth-order valence-electron chi connectivity index (χ4n) is 3.28. The Bertz CT molecular complexity index is 1100. The topological polar surface area (TPSA) is 21.2 Å². The minimum atomic E-state index is -0.635. The predicted molar refractivity (Wildman–Crippen MR) is 98.1 cm³/mol. The van der Waals surface area contributed by atoms with Crippen LogP contribution in [-0.4, -0.2) is 9.38 Å². The van der Waals surface area contributed by atoms with Crippen molar-refractivity contribution in [3.63, 3.8) is 0 Å². The van der Waals surface area contributed by atoms with Crippen LogP contribution in [0.25, 0.3) is 27.9 Å². The second kappa shape index (κ2) is 5.45. The van der Waals surface area contributed by atoms with Gasteiger partial charge in [0.15, 0.2) is 6.20 Å². The van der Waals surface area contributed by atoms with Gasteiger partial charge < -0.3 is 0 Å². The number of rotatable bonds is 2. The number of hydrogen-bond donors (Lipinski definition) is 0. The van der Waals surface area contributed by atoms with Crippen molar-refractivity contribution in [1.29, 1.82) is 0 Å². The van der Waals surface area contributed by atoms with E-state index in [0.717, 1.165) is 33.5 Å². The van der Waals surface area contributed by atoms with Crippen LogP contribution < -0.4 is 4.57 Å².